The zero-order valence-corrected chi connectivity index (χ0v) is 5.54. The lowest BCUT2D eigenvalue weighted by molar-refractivity contribution is 1.83. The Labute approximate surface area is 48.9 Å². The Kier molecular flexibility index (Phi) is 2.37. The molecule has 0 spiro atoms. The van der Waals surface area contributed by atoms with Crippen molar-refractivity contribution in [2.24, 2.45) is 0 Å². The number of hydrogen-bond acceptors (Lipinski definition) is 3. The third-order valence-corrected chi connectivity index (χ3v) is 4.05. The van der Waals surface area contributed by atoms with Gasteiger partial charge in [-0.1, -0.05) is 27.7 Å². The highest BCUT2D eigenvalue weighted by molar-refractivity contribution is 9.10. The van der Waals surface area contributed by atoms with E-state index >= 15 is 0 Å². The van der Waals surface area contributed by atoms with Crippen LogP contribution in [-0.4, -0.2) is 5.75 Å². The van der Waals surface area contributed by atoms with Crippen LogP contribution in [0.5, 0.6) is 0 Å². The molecule has 0 aromatic rings. The van der Waals surface area contributed by atoms with Gasteiger partial charge in [0.15, 0.2) is 0 Å². The van der Waals surface area contributed by atoms with Crippen molar-refractivity contribution in [2.45, 2.75) is 0 Å². The van der Waals surface area contributed by atoms with Crippen molar-refractivity contribution in [3.63, 3.8) is 0 Å². The fourth-order valence-corrected chi connectivity index (χ4v) is 3.17. The summed E-state index contributed by atoms with van der Waals surface area (Å²) < 4.78 is 0. The quantitative estimate of drug-likeness (QED) is 0.470. The second-order valence-electron chi connectivity index (χ2n) is 0.821. The first-order chi connectivity index (χ1) is 3.00. The molecule has 0 atom stereocenters. The van der Waals surface area contributed by atoms with Crippen LogP contribution in [0.3, 0.4) is 0 Å². The number of rotatable bonds is 0. The molecule has 0 amide bonds. The van der Waals surface area contributed by atoms with E-state index in [0.717, 1.165) is 0 Å². The molecule has 0 N–H and O–H groups in total. The maximum atomic E-state index is 2.17. The average molecular weight is 136 g/mol. The van der Waals surface area contributed by atoms with Gasteiger partial charge >= 0.3 is 0 Å². The van der Waals surface area contributed by atoms with Gasteiger partial charge in [-0.2, -0.15) is 0 Å². The molecule has 1 rings (SSSR count). The van der Waals surface area contributed by atoms with Crippen LogP contribution in [0.2, 0.25) is 0 Å². The molecule has 0 aliphatic carbocycles. The summed E-state index contributed by atoms with van der Waals surface area (Å²) in [5.74, 6) is 1.18. The van der Waals surface area contributed by atoms with Gasteiger partial charge in [0.2, 0.25) is 0 Å². The highest BCUT2D eigenvalue weighted by Gasteiger charge is 1.88. The van der Waals surface area contributed by atoms with Crippen LogP contribution in [0.4, 0.5) is 0 Å². The summed E-state index contributed by atoms with van der Waals surface area (Å²) in [6.45, 7) is 0. The molecule has 34 valence electrons. The molecule has 0 aromatic carbocycles. The van der Waals surface area contributed by atoms with Crippen molar-refractivity contribution in [1.29, 1.82) is 0 Å². The molecule has 0 radical (unpaired) electrons. The Hall–Kier alpha value is 0.790. The van der Waals surface area contributed by atoms with E-state index in [2.05, 4.69) is 11.5 Å². The third-order valence-electron chi connectivity index (χ3n) is 0.403. The topological polar surface area (TPSA) is 0 Å². The van der Waals surface area contributed by atoms with E-state index < -0.39 is 0 Å². The molecule has 6 heavy (non-hydrogen) atoms. The van der Waals surface area contributed by atoms with Crippen molar-refractivity contribution in [1.82, 2.24) is 0 Å². The molecular formula is C3H4S3. The molecule has 0 bridgehead atoms. The fraction of sp³-hybridized carbons (Fsp3) is 0.333. The standard InChI is InChI=1S/C3H4S3/c1-2-4-6-5-3-1/h1-2H,3H2. The Morgan fingerprint density at radius 3 is 2.67 bits per heavy atom. The Balaban J connectivity index is 2.26. The summed E-state index contributed by atoms with van der Waals surface area (Å²) in [4.78, 5) is 0. The van der Waals surface area contributed by atoms with Crippen LogP contribution < -0.4 is 0 Å². The fourth-order valence-electron chi connectivity index (χ4n) is 0.196. The first-order valence-corrected chi connectivity index (χ1v) is 5.31. The minimum atomic E-state index is 1.18. The second-order valence-corrected chi connectivity index (χ2v) is 4.91. The first kappa shape index (κ1) is 4.94. The predicted molar refractivity (Wildman–Crippen MR) is 36.8 cm³/mol. The molecule has 0 aromatic heterocycles. The van der Waals surface area contributed by atoms with Crippen LogP contribution in [0.25, 0.3) is 0 Å². The van der Waals surface area contributed by atoms with Crippen LogP contribution in [-0.2, 0) is 0 Å². The summed E-state index contributed by atoms with van der Waals surface area (Å²) in [6.07, 6.45) is 2.17. The van der Waals surface area contributed by atoms with Gasteiger partial charge in [0.1, 0.15) is 0 Å². The van der Waals surface area contributed by atoms with Gasteiger partial charge in [-0.3, -0.25) is 0 Å². The van der Waals surface area contributed by atoms with Crippen LogP contribution in [0, 0.1) is 0 Å². The normalized spacial score (nSPS) is 21.3. The van der Waals surface area contributed by atoms with Crippen molar-refractivity contribution >= 4 is 31.4 Å². The van der Waals surface area contributed by atoms with E-state index in [9.17, 15) is 0 Å². The molecule has 0 nitrogen and oxygen atoms in total. The summed E-state index contributed by atoms with van der Waals surface area (Å²) in [5.41, 5.74) is 0. The average Bonchev–Trinajstić information content (AvgIpc) is 1.72. The van der Waals surface area contributed by atoms with E-state index in [0.29, 0.717) is 0 Å². The molecule has 0 saturated carbocycles. The van der Waals surface area contributed by atoms with Gasteiger partial charge in [0.25, 0.3) is 0 Å². The molecular weight excluding hydrogens is 132 g/mol. The SMILES string of the molecule is C1=CSSSC1. The Morgan fingerprint density at radius 1 is 1.50 bits per heavy atom. The molecule has 3 heteroatoms. The molecule has 1 aliphatic rings. The van der Waals surface area contributed by atoms with Gasteiger partial charge in [-0.25, -0.2) is 0 Å². The van der Waals surface area contributed by atoms with Crippen molar-refractivity contribution in [3.8, 4) is 0 Å². The van der Waals surface area contributed by atoms with Crippen molar-refractivity contribution in [3.05, 3.63) is 11.5 Å². The summed E-state index contributed by atoms with van der Waals surface area (Å²) in [5, 5.41) is 2.13. The lowest BCUT2D eigenvalue weighted by Crippen LogP contribution is -1.64. The minimum Gasteiger partial charge on any atom is -0.0780 e. The summed E-state index contributed by atoms with van der Waals surface area (Å²) in [6, 6.07) is 0. The van der Waals surface area contributed by atoms with Gasteiger partial charge in [0, 0.05) is 5.75 Å². The molecule has 1 aliphatic heterocycles. The minimum absolute atomic E-state index is 1.18. The van der Waals surface area contributed by atoms with E-state index in [4.69, 9.17) is 0 Å². The lowest BCUT2D eigenvalue weighted by atomic mass is 10.8. The third kappa shape index (κ3) is 1.49. The molecule has 0 unspecified atom stereocenters. The monoisotopic (exact) mass is 136 g/mol. The maximum absolute atomic E-state index is 2.17. The lowest BCUT2D eigenvalue weighted by Gasteiger charge is -1.95. The van der Waals surface area contributed by atoms with Crippen molar-refractivity contribution in [2.75, 3.05) is 5.75 Å². The zero-order valence-electron chi connectivity index (χ0n) is 3.09. The molecule has 0 saturated heterocycles. The van der Waals surface area contributed by atoms with Gasteiger partial charge in [0.05, 0.1) is 0 Å². The van der Waals surface area contributed by atoms with Gasteiger partial charge < -0.3 is 0 Å². The highest BCUT2D eigenvalue weighted by Crippen LogP contribution is 2.38. The predicted octanol–water partition coefficient (Wildman–Crippen LogP) is 2.54. The van der Waals surface area contributed by atoms with Crippen LogP contribution in [0.1, 0.15) is 0 Å². The highest BCUT2D eigenvalue weighted by atomic mass is 33.5. The smallest absolute Gasteiger partial charge is 0.0234 e. The number of hydrogen-bond donors (Lipinski definition) is 0. The van der Waals surface area contributed by atoms with E-state index in [1.54, 1.807) is 10.8 Å². The molecule has 0 fully saturated rings. The Morgan fingerprint density at radius 2 is 2.50 bits per heavy atom. The summed E-state index contributed by atoms with van der Waals surface area (Å²) >= 11 is 0. The maximum Gasteiger partial charge on any atom is 0.0234 e. The van der Waals surface area contributed by atoms with E-state index in [-0.39, 0.29) is 0 Å². The Bertz CT molecular complexity index is 51.1. The zero-order chi connectivity index (χ0) is 4.24. The van der Waals surface area contributed by atoms with E-state index in [1.807, 2.05) is 20.6 Å². The van der Waals surface area contributed by atoms with Gasteiger partial charge in [-0.05, 0) is 15.2 Å². The summed E-state index contributed by atoms with van der Waals surface area (Å²) in [7, 11) is 5.52. The van der Waals surface area contributed by atoms with Gasteiger partial charge in [-0.15, -0.1) is 0 Å². The van der Waals surface area contributed by atoms with Crippen LogP contribution in [0.15, 0.2) is 11.5 Å². The largest absolute Gasteiger partial charge is 0.0780 e. The van der Waals surface area contributed by atoms with Crippen LogP contribution >= 0.6 is 31.4 Å². The second kappa shape index (κ2) is 2.88. The van der Waals surface area contributed by atoms with Crippen molar-refractivity contribution < 1.29 is 0 Å². The van der Waals surface area contributed by atoms with E-state index in [1.165, 1.54) is 5.75 Å². The molecule has 1 heterocycles. The first-order valence-electron chi connectivity index (χ1n) is 1.60.